The van der Waals surface area contributed by atoms with Gasteiger partial charge in [-0.05, 0) is 6.26 Å². The Kier molecular flexibility index (Phi) is 44.9. The molecule has 0 saturated heterocycles. The molecule has 0 aromatic carbocycles. The summed E-state index contributed by atoms with van der Waals surface area (Å²) in [5.74, 6) is 0. The maximum atomic E-state index is 9.59. The minimum Gasteiger partial charge on any atom is -0.730 e. The maximum absolute atomic E-state index is 9.59. The molecule has 0 aliphatic rings. The molecule has 0 aromatic rings. The molecule has 46 valence electrons. The molecule has 3 nitrogen and oxygen atoms in total. The van der Waals surface area contributed by atoms with Gasteiger partial charge >= 0.3 is 51.4 Å². The van der Waals surface area contributed by atoms with Crippen LogP contribution in [0.4, 0.5) is 4.79 Å². The SMILES string of the molecule is CSC(=O)[S-].O.O.[K+]. The quantitative estimate of drug-likeness (QED) is 0.286. The minimum absolute atomic E-state index is 0. The van der Waals surface area contributed by atoms with Gasteiger partial charge in [0.25, 0.3) is 0 Å². The summed E-state index contributed by atoms with van der Waals surface area (Å²) in [6, 6.07) is 0. The second-order valence-electron chi connectivity index (χ2n) is 0.454. The standard InChI is InChI=1S/C2H4OS2.K.2H2O/c1-5-2(3)4;;;/h1H3,(H,3,4);;2*1H2/q;+1;;/p-1. The van der Waals surface area contributed by atoms with E-state index in [0.717, 1.165) is 11.8 Å². The molecule has 0 unspecified atom stereocenters. The molecule has 0 aromatic heterocycles. The van der Waals surface area contributed by atoms with Gasteiger partial charge in [0.2, 0.25) is 0 Å². The van der Waals surface area contributed by atoms with Crippen molar-refractivity contribution in [3.63, 3.8) is 0 Å². The number of carbonyl (C=O) groups is 1. The van der Waals surface area contributed by atoms with E-state index in [9.17, 15) is 4.79 Å². The fourth-order valence-electron chi connectivity index (χ4n) is 0. The molecule has 0 radical (unpaired) electrons. The van der Waals surface area contributed by atoms with Crippen molar-refractivity contribution in [1.82, 2.24) is 0 Å². The third-order valence-electron chi connectivity index (χ3n) is 0.167. The van der Waals surface area contributed by atoms with Gasteiger partial charge in [-0.15, -0.1) is 11.8 Å². The van der Waals surface area contributed by atoms with Crippen LogP contribution in [0.5, 0.6) is 0 Å². The van der Waals surface area contributed by atoms with Crippen molar-refractivity contribution >= 4 is 28.8 Å². The summed E-state index contributed by atoms with van der Waals surface area (Å²) in [6.07, 6.45) is 1.66. The average Bonchev–Trinajstić information content (AvgIpc) is 1.38. The Bertz CT molecular complexity index is 50.5. The van der Waals surface area contributed by atoms with Gasteiger partial charge in [0.1, 0.15) is 0 Å². The first-order chi connectivity index (χ1) is 2.27. The first-order valence-corrected chi connectivity index (χ1v) is 2.65. The summed E-state index contributed by atoms with van der Waals surface area (Å²) in [4.78, 5) is 9.59. The summed E-state index contributed by atoms with van der Waals surface area (Å²) < 4.78 is -0.245. The van der Waals surface area contributed by atoms with E-state index in [0.29, 0.717) is 0 Å². The van der Waals surface area contributed by atoms with Crippen molar-refractivity contribution in [2.75, 3.05) is 6.26 Å². The van der Waals surface area contributed by atoms with Crippen LogP contribution in [0.1, 0.15) is 0 Å². The number of hydrogen-bond donors (Lipinski definition) is 0. The normalized spacial score (nSPS) is 4.62. The summed E-state index contributed by atoms with van der Waals surface area (Å²) in [6.45, 7) is 0. The molecule has 6 heteroatoms. The van der Waals surface area contributed by atoms with E-state index in [1.165, 1.54) is 0 Å². The van der Waals surface area contributed by atoms with Crippen molar-refractivity contribution in [1.29, 1.82) is 0 Å². The number of thioether (sulfide) groups is 1. The van der Waals surface area contributed by atoms with Crippen LogP contribution in [0.15, 0.2) is 0 Å². The molecule has 0 heterocycles. The van der Waals surface area contributed by atoms with E-state index < -0.39 is 0 Å². The molecule has 4 N–H and O–H groups in total. The van der Waals surface area contributed by atoms with Crippen LogP contribution in [-0.2, 0) is 12.6 Å². The zero-order chi connectivity index (χ0) is 4.28. The Morgan fingerprint density at radius 2 is 1.62 bits per heavy atom. The summed E-state index contributed by atoms with van der Waals surface area (Å²) in [5, 5.41) is 0. The summed E-state index contributed by atoms with van der Waals surface area (Å²) in [5.41, 5.74) is 0. The second kappa shape index (κ2) is 15.9. The van der Waals surface area contributed by atoms with Gasteiger partial charge in [0, 0.05) is 0 Å². The Hall–Kier alpha value is 1.80. The number of hydrogen-bond acceptors (Lipinski definition) is 3. The topological polar surface area (TPSA) is 80.1 Å². The molecule has 0 bridgehead atoms. The van der Waals surface area contributed by atoms with E-state index in [1.54, 1.807) is 6.26 Å². The molecule has 0 rings (SSSR count). The molecule has 0 spiro atoms. The molecule has 0 aliphatic carbocycles. The van der Waals surface area contributed by atoms with E-state index >= 15 is 0 Å². The first kappa shape index (κ1) is 22.6. The second-order valence-corrected chi connectivity index (χ2v) is 1.86. The van der Waals surface area contributed by atoms with Gasteiger partial charge < -0.3 is 28.4 Å². The third-order valence-corrected chi connectivity index (χ3v) is 1.000. The predicted molar refractivity (Wildman–Crippen MR) is 33.5 cm³/mol. The smallest absolute Gasteiger partial charge is 0.730 e. The number of carbonyl (C=O) groups excluding carboxylic acids is 1. The Morgan fingerprint density at radius 1 is 1.50 bits per heavy atom. The molecule has 0 amide bonds. The van der Waals surface area contributed by atoms with Gasteiger partial charge in [-0.1, -0.05) is 0 Å². The first-order valence-electron chi connectivity index (χ1n) is 1.02. The molecule has 0 fully saturated rings. The molecule has 0 saturated carbocycles. The monoisotopic (exact) mass is 182 g/mol. The Morgan fingerprint density at radius 3 is 1.62 bits per heavy atom. The Labute approximate surface area is 100 Å². The van der Waals surface area contributed by atoms with Crippen LogP contribution in [0, 0.1) is 0 Å². The van der Waals surface area contributed by atoms with E-state index in [1.807, 2.05) is 0 Å². The van der Waals surface area contributed by atoms with E-state index in [2.05, 4.69) is 12.6 Å². The van der Waals surface area contributed by atoms with Crippen LogP contribution in [0.3, 0.4) is 0 Å². The molecule has 0 aliphatic heterocycles. The van der Waals surface area contributed by atoms with Crippen molar-refractivity contribution in [2.24, 2.45) is 0 Å². The minimum atomic E-state index is -0.245. The van der Waals surface area contributed by atoms with Gasteiger partial charge in [-0.2, -0.15) is 0 Å². The van der Waals surface area contributed by atoms with E-state index in [4.69, 9.17) is 0 Å². The van der Waals surface area contributed by atoms with Crippen molar-refractivity contribution in [3.05, 3.63) is 0 Å². The van der Waals surface area contributed by atoms with Gasteiger partial charge in [0.15, 0.2) is 0 Å². The zero-order valence-electron chi connectivity index (χ0n) is 4.72. The fourth-order valence-corrected chi connectivity index (χ4v) is 0. The van der Waals surface area contributed by atoms with Crippen molar-refractivity contribution in [2.45, 2.75) is 0 Å². The van der Waals surface area contributed by atoms with Crippen LogP contribution < -0.4 is 51.4 Å². The summed E-state index contributed by atoms with van der Waals surface area (Å²) >= 11 is 5.16. The van der Waals surface area contributed by atoms with Crippen LogP contribution >= 0.6 is 11.8 Å². The van der Waals surface area contributed by atoms with Gasteiger partial charge in [0.05, 0.1) is 4.45 Å². The van der Waals surface area contributed by atoms with Crippen LogP contribution in [0.25, 0.3) is 0 Å². The van der Waals surface area contributed by atoms with Crippen molar-refractivity contribution in [3.8, 4) is 0 Å². The third kappa shape index (κ3) is 25.0. The van der Waals surface area contributed by atoms with Crippen molar-refractivity contribution < 1.29 is 67.1 Å². The fraction of sp³-hybridized carbons (Fsp3) is 0.500. The van der Waals surface area contributed by atoms with Crippen LogP contribution in [-0.4, -0.2) is 21.7 Å². The molecule has 0 atom stereocenters. The van der Waals surface area contributed by atoms with Crippen LogP contribution in [0.2, 0.25) is 0 Å². The predicted octanol–water partition coefficient (Wildman–Crippen LogP) is -3.63. The maximum Gasteiger partial charge on any atom is 1.00 e. The average molecular weight is 182 g/mol. The van der Waals surface area contributed by atoms with E-state index in [-0.39, 0.29) is 66.8 Å². The summed E-state index contributed by atoms with van der Waals surface area (Å²) in [7, 11) is 0. The molecular weight excluding hydrogens is 175 g/mol. The Balaban J connectivity index is -0.0000000267. The van der Waals surface area contributed by atoms with Gasteiger partial charge in [-0.3, -0.25) is 0 Å². The number of rotatable bonds is 0. The largest absolute Gasteiger partial charge is 1.00 e. The zero-order valence-corrected chi connectivity index (χ0v) is 9.48. The molecule has 8 heavy (non-hydrogen) atoms. The molecular formula is C2H7KO3S2. The van der Waals surface area contributed by atoms with Gasteiger partial charge in [-0.25, -0.2) is 0 Å².